The van der Waals surface area contributed by atoms with E-state index >= 15 is 0 Å². The highest BCUT2D eigenvalue weighted by atomic mass is 32.1. The van der Waals surface area contributed by atoms with Gasteiger partial charge in [0.05, 0.1) is 22.9 Å². The number of aliphatic hydroxyl groups is 3. The van der Waals surface area contributed by atoms with E-state index in [2.05, 4.69) is 4.98 Å². The minimum atomic E-state index is -1.59. The number of hydrogen-bond acceptors (Lipinski definition) is 7. The lowest BCUT2D eigenvalue weighted by molar-refractivity contribution is -0.152. The van der Waals surface area contributed by atoms with Crippen LogP contribution in [0.4, 0.5) is 0 Å². The van der Waals surface area contributed by atoms with Gasteiger partial charge in [0.1, 0.15) is 11.1 Å². The predicted octanol–water partition coefficient (Wildman–Crippen LogP) is -0.175. The van der Waals surface area contributed by atoms with Crippen molar-refractivity contribution < 1.29 is 20.1 Å². The molecule has 24 heavy (non-hydrogen) atoms. The molecule has 0 spiro atoms. The van der Waals surface area contributed by atoms with Crippen LogP contribution in [0.15, 0.2) is 24.3 Å². The van der Waals surface area contributed by atoms with Crippen LogP contribution in [0, 0.1) is 0 Å². The summed E-state index contributed by atoms with van der Waals surface area (Å²) in [7, 11) is 1.91. The molecule has 1 aliphatic heterocycles. The van der Waals surface area contributed by atoms with E-state index in [0.717, 1.165) is 10.2 Å². The zero-order valence-electron chi connectivity index (χ0n) is 13.4. The Labute approximate surface area is 143 Å². The van der Waals surface area contributed by atoms with E-state index in [-0.39, 0.29) is 12.6 Å². The van der Waals surface area contributed by atoms with Crippen LogP contribution in [0.1, 0.15) is 11.1 Å². The number of likely N-dealkylation sites (N-methyl/N-ethyl adjacent to an activating group) is 1. The third-order valence-corrected chi connectivity index (χ3v) is 5.40. The molecule has 1 aromatic carbocycles. The molecule has 2 heterocycles. The van der Waals surface area contributed by atoms with Gasteiger partial charge in [-0.15, -0.1) is 11.3 Å². The Morgan fingerprint density at radius 1 is 1.38 bits per heavy atom. The van der Waals surface area contributed by atoms with Gasteiger partial charge >= 0.3 is 0 Å². The van der Waals surface area contributed by atoms with Gasteiger partial charge in [0.15, 0.2) is 6.10 Å². The van der Waals surface area contributed by atoms with E-state index in [9.17, 15) is 20.1 Å². The van der Waals surface area contributed by atoms with Gasteiger partial charge in [-0.1, -0.05) is 12.1 Å². The summed E-state index contributed by atoms with van der Waals surface area (Å²) in [6.45, 7) is 1.42. The lowest BCUT2D eigenvalue weighted by Gasteiger charge is -2.40. The Morgan fingerprint density at radius 2 is 2.12 bits per heavy atom. The molecule has 3 unspecified atom stereocenters. The second-order valence-corrected chi connectivity index (χ2v) is 7.10. The van der Waals surface area contributed by atoms with E-state index in [1.165, 1.54) is 16.2 Å². The first kappa shape index (κ1) is 17.2. The molecule has 130 valence electrons. The van der Waals surface area contributed by atoms with Crippen molar-refractivity contribution in [2.24, 2.45) is 0 Å². The van der Waals surface area contributed by atoms with Crippen LogP contribution >= 0.6 is 11.3 Å². The van der Waals surface area contributed by atoms with Crippen LogP contribution in [0.2, 0.25) is 0 Å². The van der Waals surface area contributed by atoms with E-state index in [0.29, 0.717) is 24.6 Å². The molecule has 1 amide bonds. The van der Waals surface area contributed by atoms with Gasteiger partial charge in [0, 0.05) is 19.6 Å². The zero-order valence-corrected chi connectivity index (χ0v) is 14.2. The van der Waals surface area contributed by atoms with Gasteiger partial charge in [-0.2, -0.15) is 0 Å². The lowest BCUT2D eigenvalue weighted by Crippen LogP contribution is -2.58. The summed E-state index contributed by atoms with van der Waals surface area (Å²) < 4.78 is 0.888. The fourth-order valence-electron chi connectivity index (χ4n) is 2.91. The van der Waals surface area contributed by atoms with Crippen molar-refractivity contribution in [2.75, 3.05) is 33.3 Å². The van der Waals surface area contributed by atoms with Crippen LogP contribution in [-0.4, -0.2) is 81.4 Å². The highest BCUT2D eigenvalue weighted by Gasteiger charge is 2.36. The highest BCUT2D eigenvalue weighted by Crippen LogP contribution is 2.28. The smallest absolute Gasteiger partial charge is 0.255 e. The average molecular weight is 351 g/mol. The van der Waals surface area contributed by atoms with Crippen LogP contribution in [0.3, 0.4) is 0 Å². The largest absolute Gasteiger partial charge is 0.394 e. The summed E-state index contributed by atoms with van der Waals surface area (Å²) in [4.78, 5) is 20.3. The number of benzene rings is 1. The second kappa shape index (κ2) is 7.12. The summed E-state index contributed by atoms with van der Waals surface area (Å²) in [5.74, 6) is -0.575. The maximum atomic E-state index is 12.6. The molecule has 0 radical (unpaired) electrons. The summed E-state index contributed by atoms with van der Waals surface area (Å²) in [5, 5.41) is 30.5. The number of rotatable bonds is 4. The molecule has 0 saturated carbocycles. The third kappa shape index (κ3) is 3.28. The van der Waals surface area contributed by atoms with Crippen LogP contribution in [-0.2, 0) is 4.79 Å². The Bertz CT molecular complexity index is 689. The summed E-state index contributed by atoms with van der Waals surface area (Å²) >= 11 is 1.26. The number of aliphatic hydroxyl groups excluding tert-OH is 3. The Balaban J connectivity index is 1.76. The summed E-state index contributed by atoms with van der Waals surface area (Å²) in [5.41, 5.74) is 0.726. The number of thiazole rings is 1. The van der Waals surface area contributed by atoms with Crippen molar-refractivity contribution in [3.63, 3.8) is 0 Å². The van der Waals surface area contributed by atoms with E-state index in [1.54, 1.807) is 0 Å². The van der Waals surface area contributed by atoms with E-state index in [1.807, 2.05) is 36.2 Å². The molecular weight excluding hydrogens is 330 g/mol. The molecule has 1 aromatic heterocycles. The van der Waals surface area contributed by atoms with Gasteiger partial charge in [0.25, 0.3) is 5.91 Å². The van der Waals surface area contributed by atoms with Crippen LogP contribution in [0.25, 0.3) is 10.2 Å². The molecule has 1 aliphatic rings. The number of amides is 1. The molecule has 3 atom stereocenters. The number of para-hydroxylation sites is 1. The van der Waals surface area contributed by atoms with Gasteiger partial charge in [0.2, 0.25) is 0 Å². The van der Waals surface area contributed by atoms with Gasteiger partial charge < -0.3 is 25.1 Å². The quantitative estimate of drug-likeness (QED) is 0.707. The molecule has 2 aromatic rings. The van der Waals surface area contributed by atoms with Crippen molar-refractivity contribution in [2.45, 2.75) is 18.2 Å². The molecule has 3 N–H and O–H groups in total. The number of carbonyl (C=O) groups is 1. The van der Waals surface area contributed by atoms with Crippen molar-refractivity contribution in [1.29, 1.82) is 0 Å². The summed E-state index contributed by atoms with van der Waals surface area (Å²) in [6, 6.07) is 7.02. The average Bonchev–Trinajstić information content (AvgIpc) is 3.03. The van der Waals surface area contributed by atoms with Crippen molar-refractivity contribution in [3.05, 3.63) is 29.3 Å². The number of piperazine rings is 1. The number of fused-ring (bicyclic) bond motifs is 1. The first-order valence-electron chi connectivity index (χ1n) is 7.82. The minimum absolute atomic E-state index is 0.181. The van der Waals surface area contributed by atoms with Gasteiger partial charge in [-0.3, -0.25) is 4.79 Å². The minimum Gasteiger partial charge on any atom is -0.394 e. The highest BCUT2D eigenvalue weighted by molar-refractivity contribution is 7.18. The van der Waals surface area contributed by atoms with Crippen molar-refractivity contribution >= 4 is 27.5 Å². The standard InChI is InChI=1S/C16H21N3O4S/c1-18-6-7-19(10(8-18)9-20)16(23)14(22)13(21)15-17-11-4-2-3-5-12(11)24-15/h2-5,10,13-14,20-22H,6-9H2,1H3. The Kier molecular flexibility index (Phi) is 5.12. The maximum Gasteiger partial charge on any atom is 0.255 e. The Hall–Kier alpha value is -1.58. The predicted molar refractivity (Wildman–Crippen MR) is 90.7 cm³/mol. The first-order valence-corrected chi connectivity index (χ1v) is 8.64. The molecule has 1 fully saturated rings. The monoisotopic (exact) mass is 351 g/mol. The number of hydrogen-bond donors (Lipinski definition) is 3. The normalized spacial score (nSPS) is 21.8. The third-order valence-electron chi connectivity index (χ3n) is 4.30. The first-order chi connectivity index (χ1) is 11.5. The van der Waals surface area contributed by atoms with E-state index < -0.39 is 18.1 Å². The second-order valence-electron chi connectivity index (χ2n) is 6.04. The fraction of sp³-hybridized carbons (Fsp3) is 0.500. The lowest BCUT2D eigenvalue weighted by atomic mass is 10.1. The molecular formula is C16H21N3O4S. The van der Waals surface area contributed by atoms with Gasteiger partial charge in [-0.25, -0.2) is 4.98 Å². The molecule has 8 heteroatoms. The number of carbonyl (C=O) groups excluding carboxylic acids is 1. The van der Waals surface area contributed by atoms with Crippen molar-refractivity contribution in [1.82, 2.24) is 14.8 Å². The zero-order chi connectivity index (χ0) is 17.3. The van der Waals surface area contributed by atoms with Crippen molar-refractivity contribution in [3.8, 4) is 0 Å². The SMILES string of the molecule is CN1CCN(C(=O)C(O)C(O)c2nc3ccccc3s2)C(CO)C1. The van der Waals surface area contributed by atoms with Crippen LogP contribution in [0.5, 0.6) is 0 Å². The maximum absolute atomic E-state index is 12.6. The Morgan fingerprint density at radius 3 is 2.83 bits per heavy atom. The molecule has 0 aliphatic carbocycles. The molecule has 7 nitrogen and oxygen atoms in total. The molecule has 3 rings (SSSR count). The number of aromatic nitrogens is 1. The van der Waals surface area contributed by atoms with Crippen LogP contribution < -0.4 is 0 Å². The topological polar surface area (TPSA) is 97.1 Å². The van der Waals surface area contributed by atoms with Gasteiger partial charge in [-0.05, 0) is 19.2 Å². The summed E-state index contributed by atoms with van der Waals surface area (Å²) in [6.07, 6.45) is -2.98. The molecule has 1 saturated heterocycles. The fourth-order valence-corrected chi connectivity index (χ4v) is 3.90. The number of nitrogens with zero attached hydrogens (tertiary/aromatic N) is 3. The van der Waals surface area contributed by atoms with E-state index in [4.69, 9.17) is 0 Å². The molecule has 0 bridgehead atoms.